The van der Waals surface area contributed by atoms with Crippen molar-refractivity contribution in [2.24, 2.45) is 0 Å². The molecule has 6 nitrogen and oxygen atoms in total. The highest BCUT2D eigenvalue weighted by Crippen LogP contribution is 2.29. The van der Waals surface area contributed by atoms with Crippen molar-refractivity contribution in [3.63, 3.8) is 0 Å². The molecule has 2 aromatic rings. The molecule has 0 bridgehead atoms. The van der Waals surface area contributed by atoms with Gasteiger partial charge in [-0.2, -0.15) is 0 Å². The lowest BCUT2D eigenvalue weighted by molar-refractivity contribution is -0.384. The monoisotopic (exact) mass is 262 g/mol. The molecule has 0 spiro atoms. The average Bonchev–Trinajstić information content (AvgIpc) is 2.46. The third-order valence-electron chi connectivity index (χ3n) is 2.35. The Hall–Kier alpha value is -2.24. The van der Waals surface area contributed by atoms with Crippen LogP contribution in [-0.4, -0.2) is 21.4 Å². The first-order valence-corrected chi connectivity index (χ1v) is 6.36. The second kappa shape index (κ2) is 7.25. The number of pyridine rings is 2. The second-order valence-corrected chi connectivity index (χ2v) is 3.57. The Balaban J connectivity index is 0.000000861. The maximum Gasteiger partial charge on any atom is 0.312 e. The minimum Gasteiger partial charge on any atom is -0.378 e. The first-order chi connectivity index (χ1) is 9.24. The molecular weight excluding hydrogens is 244 g/mol. The first-order valence-electron chi connectivity index (χ1n) is 6.36. The van der Waals surface area contributed by atoms with E-state index >= 15 is 0 Å². The highest BCUT2D eigenvalue weighted by molar-refractivity contribution is 5.92. The zero-order chi connectivity index (χ0) is 14.3. The number of nitro groups is 1. The predicted octanol–water partition coefficient (Wildman–Crippen LogP) is 3.39. The lowest BCUT2D eigenvalue weighted by atomic mass is 10.2. The molecule has 0 atom stereocenters. The summed E-state index contributed by atoms with van der Waals surface area (Å²) < 4.78 is 0. The van der Waals surface area contributed by atoms with Crippen LogP contribution in [0.2, 0.25) is 0 Å². The van der Waals surface area contributed by atoms with Crippen molar-refractivity contribution in [2.45, 2.75) is 27.2 Å². The molecule has 2 aromatic heterocycles. The fraction of sp³-hybridized carbons (Fsp3) is 0.385. The molecule has 1 N–H and O–H groups in total. The zero-order valence-corrected chi connectivity index (χ0v) is 11.4. The molecule has 0 unspecified atom stereocenters. The van der Waals surface area contributed by atoms with Crippen molar-refractivity contribution in [1.82, 2.24) is 9.97 Å². The molecule has 102 valence electrons. The SMILES string of the molecule is CC.CCCNc1c([N+](=O)[O-])cnc2cccnc12. The molecule has 0 aliphatic rings. The Morgan fingerprint density at radius 3 is 2.74 bits per heavy atom. The third-order valence-corrected chi connectivity index (χ3v) is 2.35. The normalized spacial score (nSPS) is 9.63. The first kappa shape index (κ1) is 14.8. The highest BCUT2D eigenvalue weighted by atomic mass is 16.6. The van der Waals surface area contributed by atoms with Crippen LogP contribution in [-0.2, 0) is 0 Å². The summed E-state index contributed by atoms with van der Waals surface area (Å²) in [5.41, 5.74) is 1.60. The molecule has 0 aliphatic heterocycles. The van der Waals surface area contributed by atoms with E-state index in [4.69, 9.17) is 0 Å². The van der Waals surface area contributed by atoms with E-state index in [1.54, 1.807) is 18.3 Å². The average molecular weight is 262 g/mol. The summed E-state index contributed by atoms with van der Waals surface area (Å²) in [6, 6.07) is 3.54. The van der Waals surface area contributed by atoms with Gasteiger partial charge in [0, 0.05) is 12.7 Å². The number of nitrogens with zero attached hydrogens (tertiary/aromatic N) is 3. The van der Waals surface area contributed by atoms with E-state index in [9.17, 15) is 10.1 Å². The van der Waals surface area contributed by atoms with Gasteiger partial charge < -0.3 is 5.32 Å². The summed E-state index contributed by atoms with van der Waals surface area (Å²) in [5.74, 6) is 0. The lowest BCUT2D eigenvalue weighted by Gasteiger charge is -2.07. The van der Waals surface area contributed by atoms with Gasteiger partial charge in [0.1, 0.15) is 17.4 Å². The van der Waals surface area contributed by atoms with Crippen LogP contribution in [0, 0.1) is 10.1 Å². The van der Waals surface area contributed by atoms with Gasteiger partial charge in [-0.1, -0.05) is 20.8 Å². The van der Waals surface area contributed by atoms with Crippen LogP contribution in [0.4, 0.5) is 11.4 Å². The van der Waals surface area contributed by atoms with Crippen LogP contribution in [0.3, 0.4) is 0 Å². The molecule has 6 heteroatoms. The van der Waals surface area contributed by atoms with Gasteiger partial charge in [-0.05, 0) is 18.6 Å². The molecule has 0 aromatic carbocycles. The maximum atomic E-state index is 10.9. The maximum absolute atomic E-state index is 10.9. The van der Waals surface area contributed by atoms with Gasteiger partial charge >= 0.3 is 5.69 Å². The number of aromatic nitrogens is 2. The van der Waals surface area contributed by atoms with E-state index in [0.29, 0.717) is 23.3 Å². The number of hydrogen-bond acceptors (Lipinski definition) is 5. The molecular formula is C13H18N4O2. The summed E-state index contributed by atoms with van der Waals surface area (Å²) in [7, 11) is 0. The van der Waals surface area contributed by atoms with Crippen LogP contribution >= 0.6 is 0 Å². The summed E-state index contributed by atoms with van der Waals surface area (Å²) in [4.78, 5) is 18.7. The Morgan fingerprint density at radius 2 is 2.11 bits per heavy atom. The van der Waals surface area contributed by atoms with Crippen molar-refractivity contribution in [3.05, 3.63) is 34.6 Å². The van der Waals surface area contributed by atoms with Crippen molar-refractivity contribution in [1.29, 1.82) is 0 Å². The predicted molar refractivity (Wildman–Crippen MR) is 76.3 cm³/mol. The summed E-state index contributed by atoms with van der Waals surface area (Å²) in [6.07, 6.45) is 3.75. The lowest BCUT2D eigenvalue weighted by Crippen LogP contribution is -2.05. The second-order valence-electron chi connectivity index (χ2n) is 3.57. The van der Waals surface area contributed by atoms with Crippen LogP contribution in [0.1, 0.15) is 27.2 Å². The van der Waals surface area contributed by atoms with E-state index in [2.05, 4.69) is 15.3 Å². The van der Waals surface area contributed by atoms with Crippen molar-refractivity contribution in [3.8, 4) is 0 Å². The Kier molecular flexibility index (Phi) is 5.66. The van der Waals surface area contributed by atoms with Crippen molar-refractivity contribution < 1.29 is 4.92 Å². The smallest absolute Gasteiger partial charge is 0.312 e. The minimum atomic E-state index is -0.445. The fourth-order valence-electron chi connectivity index (χ4n) is 1.57. The number of hydrogen-bond donors (Lipinski definition) is 1. The van der Waals surface area contributed by atoms with Crippen molar-refractivity contribution >= 4 is 22.4 Å². The van der Waals surface area contributed by atoms with E-state index in [0.717, 1.165) is 6.42 Å². The molecule has 2 rings (SSSR count). The number of anilines is 1. The number of fused-ring (bicyclic) bond motifs is 1. The van der Waals surface area contributed by atoms with Crippen LogP contribution in [0.5, 0.6) is 0 Å². The molecule has 19 heavy (non-hydrogen) atoms. The van der Waals surface area contributed by atoms with E-state index in [1.807, 2.05) is 20.8 Å². The molecule has 0 saturated carbocycles. The molecule has 0 radical (unpaired) electrons. The Morgan fingerprint density at radius 1 is 1.37 bits per heavy atom. The van der Waals surface area contributed by atoms with Gasteiger partial charge in [-0.3, -0.25) is 15.1 Å². The largest absolute Gasteiger partial charge is 0.378 e. The van der Waals surface area contributed by atoms with Gasteiger partial charge in [-0.25, -0.2) is 4.98 Å². The summed E-state index contributed by atoms with van der Waals surface area (Å²) in [5, 5.41) is 14.0. The third kappa shape index (κ3) is 3.37. The number of nitrogens with one attached hydrogen (secondary N) is 1. The fourth-order valence-corrected chi connectivity index (χ4v) is 1.57. The standard InChI is InChI=1S/C11H12N4O2.C2H6/c1-2-5-12-11-9(15(16)17)7-14-8-4-3-6-13-10(8)11;1-2/h3-4,6-7H,2,5H2,1H3,(H,12,14);1-2H3. The Labute approximate surface area is 112 Å². The molecule has 2 heterocycles. The topological polar surface area (TPSA) is 81.0 Å². The Bertz CT molecular complexity index is 557. The molecule has 0 amide bonds. The van der Waals surface area contributed by atoms with E-state index in [-0.39, 0.29) is 5.69 Å². The van der Waals surface area contributed by atoms with Gasteiger partial charge in [0.2, 0.25) is 0 Å². The quantitative estimate of drug-likeness (QED) is 0.674. The van der Waals surface area contributed by atoms with Crippen LogP contribution in [0.25, 0.3) is 11.0 Å². The van der Waals surface area contributed by atoms with Crippen LogP contribution < -0.4 is 5.32 Å². The van der Waals surface area contributed by atoms with Crippen LogP contribution in [0.15, 0.2) is 24.5 Å². The van der Waals surface area contributed by atoms with E-state index < -0.39 is 4.92 Å². The van der Waals surface area contributed by atoms with Gasteiger partial charge in [-0.15, -0.1) is 0 Å². The van der Waals surface area contributed by atoms with E-state index in [1.165, 1.54) is 6.20 Å². The van der Waals surface area contributed by atoms with Gasteiger partial charge in [0.05, 0.1) is 10.4 Å². The summed E-state index contributed by atoms with van der Waals surface area (Å²) in [6.45, 7) is 6.66. The van der Waals surface area contributed by atoms with Gasteiger partial charge in [0.15, 0.2) is 0 Å². The van der Waals surface area contributed by atoms with Crippen molar-refractivity contribution in [2.75, 3.05) is 11.9 Å². The molecule has 0 saturated heterocycles. The number of rotatable bonds is 4. The zero-order valence-electron chi connectivity index (χ0n) is 11.4. The molecule has 0 fully saturated rings. The molecule has 0 aliphatic carbocycles. The highest BCUT2D eigenvalue weighted by Gasteiger charge is 2.18. The van der Waals surface area contributed by atoms with Gasteiger partial charge in [0.25, 0.3) is 0 Å². The minimum absolute atomic E-state index is 0.0374. The summed E-state index contributed by atoms with van der Waals surface area (Å²) >= 11 is 0.